The molecule has 0 radical (unpaired) electrons. The number of carbonyl (C=O) groups is 3. The van der Waals surface area contributed by atoms with Gasteiger partial charge in [0.25, 0.3) is 11.8 Å². The fraction of sp³-hybridized carbons (Fsp3) is 0.286. The zero-order valence-electron chi connectivity index (χ0n) is 20.9. The van der Waals surface area contributed by atoms with Crippen molar-refractivity contribution in [3.05, 3.63) is 98.2 Å². The lowest BCUT2D eigenvalue weighted by Gasteiger charge is -2.53. The van der Waals surface area contributed by atoms with E-state index in [9.17, 15) is 28.7 Å². The van der Waals surface area contributed by atoms with Crippen LogP contribution in [0.25, 0.3) is 0 Å². The summed E-state index contributed by atoms with van der Waals surface area (Å²) in [5.74, 6) is -3.84. The highest BCUT2D eigenvalue weighted by Gasteiger charge is 2.54. The smallest absolute Gasteiger partial charge is 0.306 e. The lowest BCUT2D eigenvalue weighted by molar-refractivity contribution is -0.150. The van der Waals surface area contributed by atoms with E-state index in [1.54, 1.807) is 31.3 Å². The van der Waals surface area contributed by atoms with Crippen LogP contribution >= 0.6 is 11.6 Å². The summed E-state index contributed by atoms with van der Waals surface area (Å²) < 4.78 is 21.8. The molecule has 2 aromatic carbocycles. The van der Waals surface area contributed by atoms with Crippen LogP contribution in [-0.4, -0.2) is 45.9 Å². The summed E-state index contributed by atoms with van der Waals surface area (Å²) >= 11 is 5.83. The number of aromatic nitrogens is 1. The van der Waals surface area contributed by atoms with Gasteiger partial charge in [0.05, 0.1) is 16.5 Å². The Labute approximate surface area is 227 Å². The quantitative estimate of drug-likeness (QED) is 0.463. The molecule has 2 aliphatic rings. The Bertz CT molecular complexity index is 1530. The molecule has 0 atom stereocenters. The van der Waals surface area contributed by atoms with E-state index in [0.29, 0.717) is 0 Å². The highest BCUT2D eigenvalue weighted by molar-refractivity contribution is 6.30. The Balaban J connectivity index is 1.57. The van der Waals surface area contributed by atoms with Crippen molar-refractivity contribution in [3.8, 4) is 5.75 Å². The van der Waals surface area contributed by atoms with Gasteiger partial charge < -0.3 is 24.6 Å². The third-order valence-corrected chi connectivity index (χ3v) is 7.59. The monoisotopic (exact) mass is 553 g/mol. The number of rotatable bonds is 7. The summed E-state index contributed by atoms with van der Waals surface area (Å²) in [6, 6.07) is 13.4. The zero-order chi connectivity index (χ0) is 27.9. The summed E-state index contributed by atoms with van der Waals surface area (Å²) in [5, 5.41) is 12.0. The molecule has 1 fully saturated rings. The first-order valence-corrected chi connectivity index (χ1v) is 12.7. The average Bonchev–Trinajstić information content (AvgIpc) is 2.89. The van der Waals surface area contributed by atoms with Crippen molar-refractivity contribution in [2.75, 3.05) is 13.6 Å². The number of hydrogen-bond donors (Lipinski definition) is 2. The van der Waals surface area contributed by atoms with Crippen LogP contribution in [0.1, 0.15) is 44.8 Å². The molecule has 9 nitrogen and oxygen atoms in total. The average molecular weight is 554 g/mol. The van der Waals surface area contributed by atoms with E-state index >= 15 is 0 Å². The van der Waals surface area contributed by atoms with Crippen molar-refractivity contribution in [2.24, 2.45) is 5.92 Å². The third-order valence-electron chi connectivity index (χ3n) is 7.30. The second-order valence-corrected chi connectivity index (χ2v) is 10.3. The minimum atomic E-state index is -0.954. The maximum absolute atomic E-state index is 14.4. The number of ether oxygens (including phenoxy) is 1. The molecule has 0 unspecified atom stereocenters. The molecule has 1 aromatic heterocycles. The Kier molecular flexibility index (Phi) is 6.90. The van der Waals surface area contributed by atoms with E-state index in [4.69, 9.17) is 16.3 Å². The van der Waals surface area contributed by atoms with Crippen LogP contribution in [-0.2, 0) is 23.5 Å². The number of fused-ring (bicyclic) bond motifs is 2. The summed E-state index contributed by atoms with van der Waals surface area (Å²) in [7, 11) is 1.58. The molecular weight excluding hydrogens is 529 g/mol. The number of carbonyl (C=O) groups excluding carboxylic acids is 2. The van der Waals surface area contributed by atoms with Gasteiger partial charge in [-0.25, -0.2) is 4.39 Å². The minimum Gasteiger partial charge on any atom is -0.483 e. The largest absolute Gasteiger partial charge is 0.483 e. The van der Waals surface area contributed by atoms with Gasteiger partial charge in [0.1, 0.15) is 18.0 Å². The van der Waals surface area contributed by atoms with Crippen LogP contribution in [0.4, 0.5) is 4.39 Å². The lowest BCUT2D eigenvalue weighted by atomic mass is 9.66. The highest BCUT2D eigenvalue weighted by atomic mass is 35.5. The maximum Gasteiger partial charge on any atom is 0.306 e. The Morgan fingerprint density at radius 1 is 1.15 bits per heavy atom. The summed E-state index contributed by atoms with van der Waals surface area (Å²) in [4.78, 5) is 53.3. The number of aliphatic carboxylic acids is 1. The highest BCUT2D eigenvalue weighted by Crippen LogP contribution is 2.48. The molecule has 1 saturated carbocycles. The lowest BCUT2D eigenvalue weighted by Crippen LogP contribution is -2.60. The predicted molar refractivity (Wildman–Crippen MR) is 139 cm³/mol. The topological polar surface area (TPSA) is 118 Å². The third kappa shape index (κ3) is 4.76. The van der Waals surface area contributed by atoms with Crippen LogP contribution in [0.15, 0.2) is 59.5 Å². The van der Waals surface area contributed by atoms with Crippen molar-refractivity contribution in [3.63, 3.8) is 0 Å². The molecule has 2 amide bonds. The first-order chi connectivity index (χ1) is 18.6. The van der Waals surface area contributed by atoms with Gasteiger partial charge in [-0.2, -0.15) is 0 Å². The number of halogens is 2. The first kappa shape index (κ1) is 26.4. The maximum atomic E-state index is 14.4. The Morgan fingerprint density at radius 3 is 2.56 bits per heavy atom. The van der Waals surface area contributed by atoms with E-state index in [1.165, 1.54) is 33.9 Å². The zero-order valence-corrected chi connectivity index (χ0v) is 21.7. The van der Waals surface area contributed by atoms with Crippen molar-refractivity contribution >= 4 is 29.4 Å². The number of benzene rings is 2. The molecule has 0 bridgehead atoms. The van der Waals surface area contributed by atoms with Crippen LogP contribution in [0, 0.1) is 11.7 Å². The molecule has 39 heavy (non-hydrogen) atoms. The number of pyridine rings is 1. The van der Waals surface area contributed by atoms with Crippen molar-refractivity contribution < 1.29 is 28.6 Å². The Morgan fingerprint density at radius 2 is 1.87 bits per heavy atom. The molecule has 5 rings (SSSR count). The van der Waals surface area contributed by atoms with Crippen molar-refractivity contribution in [1.29, 1.82) is 0 Å². The molecule has 1 spiro atoms. The number of amides is 2. The molecule has 3 aromatic rings. The van der Waals surface area contributed by atoms with E-state index in [-0.39, 0.29) is 60.1 Å². The number of hydrogen-bond acceptors (Lipinski definition) is 5. The molecular formula is C28H25ClFN3O6. The van der Waals surface area contributed by atoms with Gasteiger partial charge in [0, 0.05) is 31.9 Å². The second-order valence-electron chi connectivity index (χ2n) is 9.92. The second kappa shape index (κ2) is 10.2. The van der Waals surface area contributed by atoms with Gasteiger partial charge in [-0.15, -0.1) is 0 Å². The fourth-order valence-electron chi connectivity index (χ4n) is 5.28. The normalized spacial score (nSPS) is 19.8. The molecule has 2 N–H and O–H groups in total. The van der Waals surface area contributed by atoms with Crippen LogP contribution in [0.3, 0.4) is 0 Å². The summed E-state index contributed by atoms with van der Waals surface area (Å²) in [5.41, 5.74) is -1.10. The molecule has 202 valence electrons. The molecule has 1 aliphatic carbocycles. The van der Waals surface area contributed by atoms with E-state index in [1.807, 2.05) is 6.07 Å². The van der Waals surface area contributed by atoms with Gasteiger partial charge in [-0.3, -0.25) is 19.2 Å². The molecule has 1 aliphatic heterocycles. The van der Waals surface area contributed by atoms with Gasteiger partial charge >= 0.3 is 5.97 Å². The molecule has 2 heterocycles. The molecule has 11 heteroatoms. The van der Waals surface area contributed by atoms with Crippen LogP contribution in [0.2, 0.25) is 5.02 Å². The predicted octanol–water partition coefficient (Wildman–Crippen LogP) is 3.43. The molecule has 0 saturated heterocycles. The SMILES string of the molecule is CN1C[C@]2(C[C@H](C(=O)O)C2)n2cc(C(=O)NCc3cccc(Cl)c3F)c(=O)c(OCc3ccccc3)c2C1=O. The standard InChI is InChI=1S/C28H25ClFN3O6/c1-32-15-28(10-18(11-28)27(37)38)33-13-19(25(35)31-12-17-8-5-9-20(29)21(17)30)23(34)24(22(33)26(32)36)39-14-16-6-3-2-4-7-16/h2-9,13,18H,10-12,14-15H2,1H3,(H,31,35)(H,37,38)/t18-,28+. The minimum absolute atomic E-state index is 0.0362. The van der Waals surface area contributed by atoms with Gasteiger partial charge in [0.15, 0.2) is 11.4 Å². The van der Waals surface area contributed by atoms with E-state index in [2.05, 4.69) is 5.32 Å². The van der Waals surface area contributed by atoms with E-state index in [0.717, 1.165) is 5.56 Å². The summed E-state index contributed by atoms with van der Waals surface area (Å²) in [6.07, 6.45) is 1.71. The number of likely N-dealkylation sites (N-methyl/N-ethyl adjacent to an activating group) is 1. The van der Waals surface area contributed by atoms with Crippen LogP contribution in [0.5, 0.6) is 5.75 Å². The number of carboxylic acid groups (broad SMARTS) is 1. The fourth-order valence-corrected chi connectivity index (χ4v) is 5.47. The summed E-state index contributed by atoms with van der Waals surface area (Å²) in [6.45, 7) is -0.0669. The van der Waals surface area contributed by atoms with Gasteiger partial charge in [0.2, 0.25) is 5.43 Å². The van der Waals surface area contributed by atoms with E-state index < -0.39 is 40.5 Å². The van der Waals surface area contributed by atoms with Crippen molar-refractivity contribution in [1.82, 2.24) is 14.8 Å². The Hall–Kier alpha value is -4.18. The number of nitrogens with one attached hydrogen (secondary N) is 1. The first-order valence-electron chi connectivity index (χ1n) is 12.3. The van der Waals surface area contributed by atoms with Gasteiger partial charge in [-0.1, -0.05) is 54.1 Å². The number of carboxylic acids is 1. The van der Waals surface area contributed by atoms with Crippen molar-refractivity contribution in [2.45, 2.75) is 31.5 Å². The van der Waals surface area contributed by atoms with Gasteiger partial charge in [-0.05, 0) is 24.5 Å². The number of nitrogens with zero attached hydrogens (tertiary/aromatic N) is 2. The van der Waals surface area contributed by atoms with Crippen LogP contribution < -0.4 is 15.5 Å².